The molecule has 32 heavy (non-hydrogen) atoms. The highest BCUT2D eigenvalue weighted by Crippen LogP contribution is 2.23. The predicted octanol–water partition coefficient (Wildman–Crippen LogP) is 3.14. The second-order valence-electron chi connectivity index (χ2n) is 6.88. The summed E-state index contributed by atoms with van der Waals surface area (Å²) >= 11 is 1.09. The molecule has 0 saturated carbocycles. The molecule has 1 atom stereocenters. The fraction of sp³-hybridized carbons (Fsp3) is 0.190. The number of benzene rings is 2. The predicted molar refractivity (Wildman–Crippen MR) is 122 cm³/mol. The Morgan fingerprint density at radius 1 is 1.16 bits per heavy atom. The van der Waals surface area contributed by atoms with Gasteiger partial charge in [0, 0.05) is 29.8 Å². The molecule has 0 spiro atoms. The lowest BCUT2D eigenvalue weighted by atomic mass is 10.1. The molecule has 164 valence electrons. The number of nitro benzene ring substituents is 1. The third kappa shape index (κ3) is 5.85. The monoisotopic (exact) mass is 453 g/mol. The van der Waals surface area contributed by atoms with E-state index in [2.05, 4.69) is 20.8 Å². The van der Waals surface area contributed by atoms with Crippen LogP contribution in [0.15, 0.2) is 58.7 Å². The van der Waals surface area contributed by atoms with E-state index in [1.165, 1.54) is 19.1 Å². The highest BCUT2D eigenvalue weighted by atomic mass is 32.2. The van der Waals surface area contributed by atoms with Gasteiger partial charge in [0.1, 0.15) is 5.25 Å². The van der Waals surface area contributed by atoms with E-state index in [1.807, 2.05) is 0 Å². The van der Waals surface area contributed by atoms with Crippen molar-refractivity contribution in [2.75, 3.05) is 5.32 Å². The van der Waals surface area contributed by atoms with Crippen molar-refractivity contribution in [3.63, 3.8) is 0 Å². The minimum absolute atomic E-state index is 0.0272. The van der Waals surface area contributed by atoms with Gasteiger partial charge in [-0.15, -0.1) is 5.10 Å². The molecule has 2 aromatic rings. The number of nitro groups is 1. The topological polar surface area (TPSA) is 143 Å². The van der Waals surface area contributed by atoms with Crippen LogP contribution in [-0.4, -0.2) is 38.7 Å². The Morgan fingerprint density at radius 3 is 2.53 bits per heavy atom. The molecule has 1 aliphatic heterocycles. The van der Waals surface area contributed by atoms with Crippen LogP contribution in [0.25, 0.3) is 0 Å². The van der Waals surface area contributed by atoms with Crippen LogP contribution in [0.5, 0.6) is 0 Å². The number of carbonyl (C=O) groups excluding carboxylic acids is 3. The molecular formula is C21H19N5O5S. The number of nitrogens with one attached hydrogen (secondary N) is 2. The van der Waals surface area contributed by atoms with Gasteiger partial charge in [0.2, 0.25) is 11.8 Å². The van der Waals surface area contributed by atoms with Crippen LogP contribution in [-0.2, 0) is 9.59 Å². The number of nitrogens with zero attached hydrogens (tertiary/aromatic N) is 3. The van der Waals surface area contributed by atoms with Crippen LogP contribution in [0, 0.1) is 10.1 Å². The van der Waals surface area contributed by atoms with E-state index in [9.17, 15) is 24.5 Å². The van der Waals surface area contributed by atoms with E-state index in [0.29, 0.717) is 22.5 Å². The van der Waals surface area contributed by atoms with Gasteiger partial charge in [-0.05, 0) is 43.7 Å². The van der Waals surface area contributed by atoms with Crippen LogP contribution in [0.1, 0.15) is 36.2 Å². The number of carbonyl (C=O) groups is 3. The smallest absolute Gasteiger partial charge is 0.269 e. The van der Waals surface area contributed by atoms with E-state index >= 15 is 0 Å². The highest BCUT2D eigenvalue weighted by molar-refractivity contribution is 8.15. The third-order valence-electron chi connectivity index (χ3n) is 4.49. The molecule has 3 rings (SSSR count). The van der Waals surface area contributed by atoms with Gasteiger partial charge in [-0.1, -0.05) is 23.9 Å². The number of rotatable bonds is 7. The molecule has 11 heteroatoms. The summed E-state index contributed by atoms with van der Waals surface area (Å²) in [6.07, 6.45) is -0.0785. The van der Waals surface area contributed by atoms with Crippen LogP contribution >= 0.6 is 11.8 Å². The van der Waals surface area contributed by atoms with Gasteiger partial charge in [0.05, 0.1) is 10.6 Å². The van der Waals surface area contributed by atoms with Crippen LogP contribution in [0.2, 0.25) is 0 Å². The lowest BCUT2D eigenvalue weighted by molar-refractivity contribution is -0.384. The van der Waals surface area contributed by atoms with E-state index in [-0.39, 0.29) is 34.9 Å². The maximum absolute atomic E-state index is 12.3. The molecule has 1 aliphatic rings. The molecule has 0 aliphatic carbocycles. The van der Waals surface area contributed by atoms with Crippen LogP contribution in [0.3, 0.4) is 0 Å². The Labute approximate surface area is 187 Å². The van der Waals surface area contributed by atoms with Crippen molar-refractivity contribution in [2.45, 2.75) is 25.5 Å². The van der Waals surface area contributed by atoms with Crippen molar-refractivity contribution in [1.82, 2.24) is 5.32 Å². The van der Waals surface area contributed by atoms with Crippen LogP contribution in [0.4, 0.5) is 11.4 Å². The number of hydrogen-bond donors (Lipinski definition) is 2. The minimum Gasteiger partial charge on any atom is -0.326 e. The fourth-order valence-corrected chi connectivity index (χ4v) is 3.70. The molecule has 0 aromatic heterocycles. The summed E-state index contributed by atoms with van der Waals surface area (Å²) in [6.45, 7) is 3.12. The number of anilines is 1. The molecule has 1 saturated heterocycles. The number of Topliss-reactive ketones (excluding diaryl/α,β-unsaturated/α-hetero) is 1. The first kappa shape index (κ1) is 22.8. The SMILES string of the molecule is CC(=O)c1cccc(NC(=O)C[C@@H]2S/C(=N/N=C(/C)c3ccc([N+](=O)[O-])cc3)NC2=O)c1. The van der Waals surface area contributed by atoms with Crippen LogP contribution < -0.4 is 10.6 Å². The second-order valence-corrected chi connectivity index (χ2v) is 8.07. The number of amides is 2. The normalized spacial score (nSPS) is 17.2. The molecule has 0 unspecified atom stereocenters. The Balaban J connectivity index is 1.60. The number of non-ortho nitro benzene ring substituents is 1. The third-order valence-corrected chi connectivity index (χ3v) is 5.56. The molecule has 2 N–H and O–H groups in total. The van der Waals surface area contributed by atoms with E-state index < -0.39 is 10.2 Å². The Morgan fingerprint density at radius 2 is 1.88 bits per heavy atom. The summed E-state index contributed by atoms with van der Waals surface area (Å²) in [5, 5.41) is 23.7. The van der Waals surface area contributed by atoms with Crippen molar-refractivity contribution >= 4 is 51.6 Å². The molecule has 0 radical (unpaired) electrons. The molecule has 10 nitrogen and oxygen atoms in total. The number of amidine groups is 1. The van der Waals surface area contributed by atoms with Crippen molar-refractivity contribution in [1.29, 1.82) is 0 Å². The lowest BCUT2D eigenvalue weighted by Gasteiger charge is -2.08. The number of ketones is 1. The standard InChI is InChI=1S/C21H19N5O5S/c1-12(14-6-8-17(9-7-14)26(30)31)24-25-21-23-20(29)18(32-21)11-19(28)22-16-5-3-4-15(10-16)13(2)27/h3-10,18H,11H2,1-2H3,(H,22,28)(H,23,25,29)/b24-12-/t18-/m0/s1. The summed E-state index contributed by atoms with van der Waals surface area (Å²) in [5.74, 6) is -0.841. The average Bonchev–Trinajstić information content (AvgIpc) is 3.11. The number of hydrogen-bond acceptors (Lipinski definition) is 8. The Hall–Kier alpha value is -3.86. The maximum Gasteiger partial charge on any atom is 0.269 e. The van der Waals surface area contributed by atoms with Crippen molar-refractivity contribution < 1.29 is 19.3 Å². The van der Waals surface area contributed by atoms with Gasteiger partial charge in [-0.3, -0.25) is 24.5 Å². The molecule has 2 amide bonds. The van der Waals surface area contributed by atoms with E-state index in [4.69, 9.17) is 0 Å². The van der Waals surface area contributed by atoms with Gasteiger partial charge >= 0.3 is 0 Å². The van der Waals surface area contributed by atoms with Crippen molar-refractivity contribution in [3.05, 3.63) is 69.8 Å². The second kappa shape index (κ2) is 9.96. The first-order valence-corrected chi connectivity index (χ1v) is 10.4. The molecule has 2 aromatic carbocycles. The molecular weight excluding hydrogens is 434 g/mol. The quantitative estimate of drug-likeness (QED) is 0.285. The lowest BCUT2D eigenvalue weighted by Crippen LogP contribution is -2.28. The van der Waals surface area contributed by atoms with Crippen molar-refractivity contribution in [2.24, 2.45) is 10.2 Å². The summed E-state index contributed by atoms with van der Waals surface area (Å²) in [6, 6.07) is 12.4. The van der Waals surface area contributed by atoms with E-state index in [0.717, 1.165) is 11.8 Å². The first-order valence-electron chi connectivity index (χ1n) is 9.48. The van der Waals surface area contributed by atoms with Gasteiger partial charge in [-0.2, -0.15) is 5.10 Å². The minimum atomic E-state index is -0.667. The van der Waals surface area contributed by atoms with Crippen molar-refractivity contribution in [3.8, 4) is 0 Å². The maximum atomic E-state index is 12.3. The van der Waals surface area contributed by atoms with Gasteiger partial charge in [-0.25, -0.2) is 0 Å². The zero-order valence-electron chi connectivity index (χ0n) is 17.2. The van der Waals surface area contributed by atoms with Gasteiger partial charge in [0.25, 0.3) is 5.69 Å². The van der Waals surface area contributed by atoms with Gasteiger partial charge < -0.3 is 10.6 Å². The summed E-state index contributed by atoms with van der Waals surface area (Å²) < 4.78 is 0. The zero-order chi connectivity index (χ0) is 23.3. The molecule has 1 heterocycles. The summed E-state index contributed by atoms with van der Waals surface area (Å²) in [5.41, 5.74) is 2.09. The fourth-order valence-electron chi connectivity index (χ4n) is 2.79. The van der Waals surface area contributed by atoms with Gasteiger partial charge in [0.15, 0.2) is 11.0 Å². The first-order chi connectivity index (χ1) is 15.2. The number of thioether (sulfide) groups is 1. The zero-order valence-corrected chi connectivity index (χ0v) is 18.0. The largest absolute Gasteiger partial charge is 0.326 e. The summed E-state index contributed by atoms with van der Waals surface area (Å²) in [7, 11) is 0. The molecule has 1 fully saturated rings. The Kier molecular flexibility index (Phi) is 7.11. The average molecular weight is 453 g/mol. The van der Waals surface area contributed by atoms with E-state index in [1.54, 1.807) is 43.3 Å². The molecule has 0 bridgehead atoms. The Bertz CT molecular complexity index is 1140. The summed E-state index contributed by atoms with van der Waals surface area (Å²) in [4.78, 5) is 46.2. The highest BCUT2D eigenvalue weighted by Gasteiger charge is 2.32.